The molecule has 2 amide bonds. The smallest absolute Gasteiger partial charge is 0.413 e. The van der Waals surface area contributed by atoms with Crippen molar-refractivity contribution in [3.8, 4) is 16.2 Å². The molecule has 1 aliphatic rings. The first kappa shape index (κ1) is 22.1. The van der Waals surface area contributed by atoms with Gasteiger partial charge in [-0.3, -0.25) is 9.69 Å². The number of nitrogens with one attached hydrogen (secondary N) is 1. The van der Waals surface area contributed by atoms with Gasteiger partial charge in [-0.2, -0.15) is 0 Å². The number of fused-ring (bicyclic) bond motifs is 3. The molecule has 3 aromatic rings. The third-order valence-corrected chi connectivity index (χ3v) is 6.51. The molecule has 9 heteroatoms. The minimum atomic E-state index is -1.09. The van der Waals surface area contributed by atoms with E-state index in [1.165, 1.54) is 16.2 Å². The van der Waals surface area contributed by atoms with Crippen LogP contribution in [0.3, 0.4) is 0 Å². The van der Waals surface area contributed by atoms with Crippen molar-refractivity contribution in [2.45, 2.75) is 32.7 Å². The van der Waals surface area contributed by atoms with E-state index in [2.05, 4.69) is 10.3 Å². The summed E-state index contributed by atoms with van der Waals surface area (Å²) in [4.78, 5) is 31.7. The van der Waals surface area contributed by atoms with E-state index in [4.69, 9.17) is 16.3 Å². The van der Waals surface area contributed by atoms with E-state index >= 15 is 0 Å². The molecular weight excluding hydrogens is 450 g/mol. The first-order chi connectivity index (χ1) is 15.1. The van der Waals surface area contributed by atoms with Gasteiger partial charge in [0.2, 0.25) is 0 Å². The summed E-state index contributed by atoms with van der Waals surface area (Å²) >= 11 is 7.50. The number of amides is 2. The number of carbonyl (C=O) groups is 2. The lowest BCUT2D eigenvalue weighted by Crippen LogP contribution is -2.45. The van der Waals surface area contributed by atoms with Crippen LogP contribution >= 0.6 is 22.9 Å². The normalized spacial score (nSPS) is 12.8. The molecule has 1 aliphatic heterocycles. The zero-order valence-corrected chi connectivity index (χ0v) is 19.4. The molecule has 0 atom stereocenters. The highest BCUT2D eigenvalue weighted by atomic mass is 35.5. The standard InChI is InChI=1S/C23H22ClN3O4S/c1-23(2,3)27(22(29)30)19-11-17-14(12-25-19)20-13(8-9-31-17)10-18(32-20)21(28)26-16-7-5-4-6-15(16)24/h4-7,10-12H,8-9H2,1-3H3,(H,26,28)(H,29,30). The Balaban J connectivity index is 1.68. The van der Waals surface area contributed by atoms with Gasteiger partial charge in [0, 0.05) is 29.1 Å². The lowest BCUT2D eigenvalue weighted by Gasteiger charge is -2.32. The van der Waals surface area contributed by atoms with Crippen molar-refractivity contribution in [3.05, 3.63) is 58.1 Å². The molecule has 1 aromatic carbocycles. The zero-order valence-electron chi connectivity index (χ0n) is 17.8. The van der Waals surface area contributed by atoms with Crippen molar-refractivity contribution in [2.24, 2.45) is 0 Å². The molecule has 0 bridgehead atoms. The minimum Gasteiger partial charge on any atom is -0.492 e. The number of nitrogens with zero attached hydrogens (tertiary/aromatic N) is 2. The molecule has 0 aliphatic carbocycles. The summed E-state index contributed by atoms with van der Waals surface area (Å²) < 4.78 is 5.91. The van der Waals surface area contributed by atoms with Gasteiger partial charge in [-0.1, -0.05) is 23.7 Å². The second kappa shape index (κ2) is 8.44. The summed E-state index contributed by atoms with van der Waals surface area (Å²) in [5, 5.41) is 13.0. The SMILES string of the molecule is CC(C)(C)N(C(=O)O)c1cc2c(cn1)-c1sc(C(=O)Nc3ccccc3Cl)cc1CCO2. The van der Waals surface area contributed by atoms with Crippen LogP contribution in [0.4, 0.5) is 16.3 Å². The van der Waals surface area contributed by atoms with E-state index in [9.17, 15) is 14.7 Å². The molecule has 0 radical (unpaired) electrons. The second-order valence-electron chi connectivity index (χ2n) is 8.32. The number of hydrogen-bond donors (Lipinski definition) is 2. The minimum absolute atomic E-state index is 0.243. The first-order valence-corrected chi connectivity index (χ1v) is 11.2. The van der Waals surface area contributed by atoms with E-state index in [0.717, 1.165) is 16.0 Å². The Morgan fingerprint density at radius 2 is 2.00 bits per heavy atom. The van der Waals surface area contributed by atoms with Crippen LogP contribution in [-0.2, 0) is 6.42 Å². The molecule has 2 N–H and O–H groups in total. The topological polar surface area (TPSA) is 91.8 Å². The molecule has 166 valence electrons. The van der Waals surface area contributed by atoms with E-state index in [0.29, 0.717) is 40.2 Å². The van der Waals surface area contributed by atoms with Crippen LogP contribution in [0.15, 0.2) is 42.6 Å². The third-order valence-electron chi connectivity index (χ3n) is 4.97. The van der Waals surface area contributed by atoms with Gasteiger partial charge in [-0.05, 0) is 44.5 Å². The van der Waals surface area contributed by atoms with Gasteiger partial charge in [0.1, 0.15) is 11.6 Å². The number of hydrogen-bond acceptors (Lipinski definition) is 5. The number of carboxylic acid groups (broad SMARTS) is 1. The number of rotatable bonds is 3. The number of aromatic nitrogens is 1. The van der Waals surface area contributed by atoms with Crippen molar-refractivity contribution in [1.29, 1.82) is 0 Å². The summed E-state index contributed by atoms with van der Waals surface area (Å²) in [6.07, 6.45) is 1.15. The molecule has 0 saturated carbocycles. The van der Waals surface area contributed by atoms with E-state index < -0.39 is 11.6 Å². The van der Waals surface area contributed by atoms with Crippen molar-refractivity contribution < 1.29 is 19.4 Å². The summed E-state index contributed by atoms with van der Waals surface area (Å²) in [5.41, 5.74) is 1.60. The van der Waals surface area contributed by atoms with E-state index in [1.54, 1.807) is 57.3 Å². The Hall–Kier alpha value is -3.10. The van der Waals surface area contributed by atoms with Crippen LogP contribution < -0.4 is 15.0 Å². The lowest BCUT2D eigenvalue weighted by atomic mass is 10.1. The Kier molecular flexibility index (Phi) is 5.83. The van der Waals surface area contributed by atoms with Crippen LogP contribution in [0.1, 0.15) is 36.0 Å². The van der Waals surface area contributed by atoms with Crippen molar-refractivity contribution in [3.63, 3.8) is 0 Å². The molecule has 4 rings (SSSR count). The molecule has 0 unspecified atom stereocenters. The highest BCUT2D eigenvalue weighted by molar-refractivity contribution is 7.17. The van der Waals surface area contributed by atoms with Crippen LogP contribution in [0.2, 0.25) is 5.02 Å². The number of carbonyl (C=O) groups excluding carboxylic acids is 1. The van der Waals surface area contributed by atoms with E-state index in [1.807, 2.05) is 6.07 Å². The van der Waals surface area contributed by atoms with Crippen molar-refractivity contribution in [1.82, 2.24) is 4.98 Å². The predicted octanol–water partition coefficient (Wildman–Crippen LogP) is 5.93. The van der Waals surface area contributed by atoms with Gasteiger partial charge in [0.25, 0.3) is 5.91 Å². The summed E-state index contributed by atoms with van der Waals surface area (Å²) in [7, 11) is 0. The maximum absolute atomic E-state index is 12.8. The number of benzene rings is 1. The molecule has 7 nitrogen and oxygen atoms in total. The highest BCUT2D eigenvalue weighted by Gasteiger charge is 2.31. The van der Waals surface area contributed by atoms with Gasteiger partial charge in [-0.15, -0.1) is 11.3 Å². The molecule has 0 fully saturated rings. The fraction of sp³-hybridized carbons (Fsp3) is 0.261. The Morgan fingerprint density at radius 1 is 1.25 bits per heavy atom. The summed E-state index contributed by atoms with van der Waals surface area (Å²) in [6, 6.07) is 10.6. The quantitative estimate of drug-likeness (QED) is 0.493. The summed E-state index contributed by atoms with van der Waals surface area (Å²) in [5.74, 6) is 0.595. The monoisotopic (exact) mass is 471 g/mol. The molecule has 0 spiro atoms. The summed E-state index contributed by atoms with van der Waals surface area (Å²) in [6.45, 7) is 5.82. The van der Waals surface area contributed by atoms with Crippen LogP contribution in [0.5, 0.6) is 5.75 Å². The fourth-order valence-corrected chi connectivity index (χ4v) is 4.84. The molecule has 2 aromatic heterocycles. The maximum Gasteiger partial charge on any atom is 0.413 e. The number of halogens is 1. The van der Waals surface area contributed by atoms with Crippen LogP contribution in [0, 0.1) is 0 Å². The number of ether oxygens (including phenoxy) is 1. The van der Waals surface area contributed by atoms with Gasteiger partial charge >= 0.3 is 6.09 Å². The van der Waals surface area contributed by atoms with Crippen molar-refractivity contribution in [2.75, 3.05) is 16.8 Å². The Morgan fingerprint density at radius 3 is 2.69 bits per heavy atom. The Labute approximate surface area is 194 Å². The average molecular weight is 472 g/mol. The molecular formula is C23H22ClN3O4S. The molecule has 32 heavy (non-hydrogen) atoms. The van der Waals surface area contributed by atoms with Gasteiger partial charge < -0.3 is 15.2 Å². The number of thiophene rings is 1. The fourth-order valence-electron chi connectivity index (χ4n) is 3.54. The largest absolute Gasteiger partial charge is 0.492 e. The highest BCUT2D eigenvalue weighted by Crippen LogP contribution is 2.42. The van der Waals surface area contributed by atoms with Crippen LogP contribution in [0.25, 0.3) is 10.4 Å². The van der Waals surface area contributed by atoms with Crippen molar-refractivity contribution >= 4 is 46.4 Å². The number of para-hydroxylation sites is 1. The Bertz CT molecular complexity index is 1200. The second-order valence-corrected chi connectivity index (χ2v) is 9.78. The lowest BCUT2D eigenvalue weighted by molar-refractivity contribution is 0.103. The first-order valence-electron chi connectivity index (χ1n) is 10.00. The maximum atomic E-state index is 12.8. The van der Waals surface area contributed by atoms with Gasteiger partial charge in [0.15, 0.2) is 0 Å². The number of pyridine rings is 1. The van der Waals surface area contributed by atoms with E-state index in [-0.39, 0.29) is 5.91 Å². The zero-order chi connectivity index (χ0) is 23.0. The molecule has 3 heterocycles. The van der Waals surface area contributed by atoms with Gasteiger partial charge in [-0.25, -0.2) is 9.78 Å². The predicted molar refractivity (Wildman–Crippen MR) is 126 cm³/mol. The average Bonchev–Trinajstić information content (AvgIpc) is 3.05. The molecule has 0 saturated heterocycles. The third kappa shape index (κ3) is 4.28. The van der Waals surface area contributed by atoms with Crippen LogP contribution in [-0.4, -0.2) is 34.2 Å². The number of anilines is 2. The van der Waals surface area contributed by atoms with Gasteiger partial charge in [0.05, 0.1) is 27.8 Å².